The number of nitrogens with zero attached hydrogens (tertiary/aromatic N) is 1. The van der Waals surface area contributed by atoms with Gasteiger partial charge in [0, 0.05) is 11.8 Å². The first-order valence-electron chi connectivity index (χ1n) is 7.49. The SMILES string of the molecule is Cc1cc(NC(=O)CC(=O)Nc2c(C)cccc2C(C)C)no1. The smallest absolute Gasteiger partial charge is 0.235 e. The van der Waals surface area contributed by atoms with Crippen LogP contribution in [0.15, 0.2) is 28.8 Å². The van der Waals surface area contributed by atoms with Crippen LogP contribution >= 0.6 is 0 Å². The van der Waals surface area contributed by atoms with Gasteiger partial charge in [0.15, 0.2) is 5.82 Å². The van der Waals surface area contributed by atoms with Gasteiger partial charge >= 0.3 is 0 Å². The molecule has 0 aliphatic carbocycles. The van der Waals surface area contributed by atoms with E-state index >= 15 is 0 Å². The Morgan fingerprint density at radius 1 is 1.17 bits per heavy atom. The first kappa shape index (κ1) is 16.7. The fourth-order valence-corrected chi connectivity index (χ4v) is 2.28. The molecule has 2 aromatic rings. The number of nitrogens with one attached hydrogen (secondary N) is 2. The van der Waals surface area contributed by atoms with Gasteiger partial charge in [0.1, 0.15) is 12.2 Å². The minimum absolute atomic E-state index is 0.275. The number of carbonyl (C=O) groups excluding carboxylic acids is 2. The lowest BCUT2D eigenvalue weighted by atomic mass is 9.98. The van der Waals surface area contributed by atoms with Gasteiger partial charge in [0.25, 0.3) is 0 Å². The van der Waals surface area contributed by atoms with Crippen molar-refractivity contribution in [2.24, 2.45) is 0 Å². The second-order valence-corrected chi connectivity index (χ2v) is 5.79. The molecule has 0 fully saturated rings. The summed E-state index contributed by atoms with van der Waals surface area (Å²) in [4.78, 5) is 24.0. The summed E-state index contributed by atoms with van der Waals surface area (Å²) in [5.41, 5.74) is 2.79. The molecule has 0 unspecified atom stereocenters. The molecule has 2 rings (SSSR count). The van der Waals surface area contributed by atoms with Gasteiger partial charge in [-0.25, -0.2) is 0 Å². The van der Waals surface area contributed by atoms with E-state index in [-0.39, 0.29) is 18.2 Å². The zero-order valence-electron chi connectivity index (χ0n) is 13.8. The fraction of sp³-hybridized carbons (Fsp3) is 0.353. The Bertz CT molecular complexity index is 720. The van der Waals surface area contributed by atoms with Gasteiger partial charge in [-0.05, 0) is 30.9 Å². The number of carbonyl (C=O) groups is 2. The number of para-hydroxylation sites is 1. The van der Waals surface area contributed by atoms with Crippen molar-refractivity contribution in [3.8, 4) is 0 Å². The third-order valence-electron chi connectivity index (χ3n) is 3.41. The molecule has 2 amide bonds. The molecule has 6 heteroatoms. The van der Waals surface area contributed by atoms with Crippen LogP contribution in [0.3, 0.4) is 0 Å². The summed E-state index contributed by atoms with van der Waals surface area (Å²) in [6.45, 7) is 7.77. The van der Waals surface area contributed by atoms with Crippen molar-refractivity contribution in [3.63, 3.8) is 0 Å². The standard InChI is InChI=1S/C17H21N3O3/c1-10(2)13-7-5-6-11(3)17(13)19-16(22)9-15(21)18-14-8-12(4)23-20-14/h5-8,10H,9H2,1-4H3,(H,19,22)(H,18,20,21). The van der Waals surface area contributed by atoms with Crippen LogP contribution in [-0.2, 0) is 9.59 Å². The number of hydrogen-bond acceptors (Lipinski definition) is 4. The lowest BCUT2D eigenvalue weighted by Crippen LogP contribution is -2.22. The molecule has 1 aromatic heterocycles. The van der Waals surface area contributed by atoms with Gasteiger partial charge in [0.2, 0.25) is 11.8 Å². The summed E-state index contributed by atoms with van der Waals surface area (Å²) in [5.74, 6) is 0.372. The summed E-state index contributed by atoms with van der Waals surface area (Å²) in [6.07, 6.45) is -0.280. The Hall–Kier alpha value is -2.63. The van der Waals surface area contributed by atoms with E-state index < -0.39 is 5.91 Å². The van der Waals surface area contributed by atoms with Crippen LogP contribution in [0, 0.1) is 13.8 Å². The van der Waals surface area contributed by atoms with Gasteiger partial charge in [-0.3, -0.25) is 9.59 Å². The highest BCUT2D eigenvalue weighted by atomic mass is 16.5. The summed E-state index contributed by atoms with van der Waals surface area (Å²) in [6, 6.07) is 7.46. The van der Waals surface area contributed by atoms with E-state index in [1.54, 1.807) is 13.0 Å². The Morgan fingerprint density at radius 3 is 2.48 bits per heavy atom. The van der Waals surface area contributed by atoms with Crippen LogP contribution < -0.4 is 10.6 Å². The van der Waals surface area contributed by atoms with Crippen LogP contribution in [0.2, 0.25) is 0 Å². The zero-order chi connectivity index (χ0) is 17.0. The minimum atomic E-state index is -0.435. The first-order chi connectivity index (χ1) is 10.9. The predicted octanol–water partition coefficient (Wildman–Crippen LogP) is 3.38. The largest absolute Gasteiger partial charge is 0.360 e. The lowest BCUT2D eigenvalue weighted by Gasteiger charge is -2.16. The summed E-state index contributed by atoms with van der Waals surface area (Å²) in [5, 5.41) is 9.03. The number of aryl methyl sites for hydroxylation is 2. The van der Waals surface area contributed by atoms with Crippen molar-refractivity contribution in [1.82, 2.24) is 5.16 Å². The van der Waals surface area contributed by atoms with Crippen molar-refractivity contribution in [3.05, 3.63) is 41.2 Å². The molecule has 0 saturated carbocycles. The Labute approximate surface area is 135 Å². The normalized spacial score (nSPS) is 10.7. The second kappa shape index (κ2) is 7.09. The van der Waals surface area contributed by atoms with Gasteiger partial charge in [-0.1, -0.05) is 37.2 Å². The van der Waals surface area contributed by atoms with E-state index in [0.717, 1.165) is 16.8 Å². The van der Waals surface area contributed by atoms with Gasteiger partial charge in [0.05, 0.1) is 0 Å². The quantitative estimate of drug-likeness (QED) is 0.828. The van der Waals surface area contributed by atoms with Crippen LogP contribution in [-0.4, -0.2) is 17.0 Å². The molecule has 1 heterocycles. The van der Waals surface area contributed by atoms with Gasteiger partial charge in [-0.15, -0.1) is 0 Å². The average Bonchev–Trinajstić information content (AvgIpc) is 2.85. The van der Waals surface area contributed by atoms with Gasteiger partial charge < -0.3 is 15.2 Å². The minimum Gasteiger partial charge on any atom is -0.360 e. The van der Waals surface area contributed by atoms with Crippen LogP contribution in [0.4, 0.5) is 11.5 Å². The van der Waals surface area contributed by atoms with Crippen LogP contribution in [0.25, 0.3) is 0 Å². The van der Waals surface area contributed by atoms with E-state index in [2.05, 4.69) is 29.6 Å². The predicted molar refractivity (Wildman–Crippen MR) is 88.4 cm³/mol. The molecule has 0 saturated heterocycles. The van der Waals surface area contributed by atoms with E-state index in [1.165, 1.54) is 0 Å². The van der Waals surface area contributed by atoms with E-state index in [9.17, 15) is 9.59 Å². The maximum Gasteiger partial charge on any atom is 0.235 e. The molecule has 6 nitrogen and oxygen atoms in total. The van der Waals surface area contributed by atoms with Crippen molar-refractivity contribution in [2.75, 3.05) is 10.6 Å². The highest BCUT2D eigenvalue weighted by molar-refractivity contribution is 6.08. The number of aromatic nitrogens is 1. The molecule has 1 aromatic carbocycles. The number of benzene rings is 1. The zero-order valence-corrected chi connectivity index (χ0v) is 13.8. The van der Waals surface area contributed by atoms with Crippen molar-refractivity contribution >= 4 is 23.3 Å². The van der Waals surface area contributed by atoms with Gasteiger partial charge in [-0.2, -0.15) is 0 Å². The highest BCUT2D eigenvalue weighted by Crippen LogP contribution is 2.27. The fourth-order valence-electron chi connectivity index (χ4n) is 2.28. The molecule has 0 spiro atoms. The van der Waals surface area contributed by atoms with Crippen molar-refractivity contribution in [2.45, 2.75) is 40.0 Å². The van der Waals surface area contributed by atoms with Crippen LogP contribution in [0.1, 0.15) is 43.1 Å². The summed E-state index contributed by atoms with van der Waals surface area (Å²) in [7, 11) is 0. The molecular formula is C17H21N3O3. The van der Waals surface area contributed by atoms with Crippen molar-refractivity contribution < 1.29 is 14.1 Å². The number of anilines is 2. The first-order valence-corrected chi connectivity index (χ1v) is 7.49. The molecule has 23 heavy (non-hydrogen) atoms. The molecule has 0 radical (unpaired) electrons. The van der Waals surface area contributed by atoms with Crippen molar-refractivity contribution in [1.29, 1.82) is 0 Å². The highest BCUT2D eigenvalue weighted by Gasteiger charge is 2.15. The number of hydrogen-bond donors (Lipinski definition) is 2. The third-order valence-corrected chi connectivity index (χ3v) is 3.41. The summed E-state index contributed by atoms with van der Waals surface area (Å²) < 4.78 is 4.86. The second-order valence-electron chi connectivity index (χ2n) is 5.79. The molecule has 0 aliphatic heterocycles. The molecule has 122 valence electrons. The molecule has 0 atom stereocenters. The van der Waals surface area contributed by atoms with E-state index in [0.29, 0.717) is 11.6 Å². The number of rotatable bonds is 5. The van der Waals surface area contributed by atoms with Crippen LogP contribution in [0.5, 0.6) is 0 Å². The lowest BCUT2D eigenvalue weighted by molar-refractivity contribution is -0.123. The Kier molecular flexibility index (Phi) is 5.16. The Balaban J connectivity index is 2.01. The van der Waals surface area contributed by atoms with E-state index in [1.807, 2.05) is 25.1 Å². The maximum atomic E-state index is 12.1. The monoisotopic (exact) mass is 315 g/mol. The third kappa shape index (κ3) is 4.42. The molecule has 0 bridgehead atoms. The average molecular weight is 315 g/mol. The maximum absolute atomic E-state index is 12.1. The molecule has 2 N–H and O–H groups in total. The topological polar surface area (TPSA) is 84.2 Å². The molecule has 0 aliphatic rings. The molecular weight excluding hydrogens is 294 g/mol. The van der Waals surface area contributed by atoms with E-state index in [4.69, 9.17) is 4.52 Å². The summed E-state index contributed by atoms with van der Waals surface area (Å²) >= 11 is 0. The number of amides is 2. The Morgan fingerprint density at radius 2 is 1.87 bits per heavy atom.